The van der Waals surface area contributed by atoms with Crippen molar-refractivity contribution in [1.29, 1.82) is 0 Å². The number of alkyl halides is 3. The Morgan fingerprint density at radius 3 is 2.38 bits per heavy atom. The number of sulfonamides is 1. The molecule has 0 fully saturated rings. The van der Waals surface area contributed by atoms with E-state index in [1.807, 2.05) is 0 Å². The monoisotopic (exact) mass is 516 g/mol. The Hall–Kier alpha value is -2.97. The van der Waals surface area contributed by atoms with Gasteiger partial charge in [0.05, 0.1) is 21.9 Å². The lowest BCUT2D eigenvalue weighted by molar-refractivity contribution is -0.274. The van der Waals surface area contributed by atoms with Crippen LogP contribution in [0.1, 0.15) is 10.5 Å². The number of benzene rings is 2. The van der Waals surface area contributed by atoms with Crippen molar-refractivity contribution in [2.45, 2.75) is 11.3 Å². The van der Waals surface area contributed by atoms with Gasteiger partial charge in [0.1, 0.15) is 22.3 Å². The molecule has 0 saturated heterocycles. The van der Waals surface area contributed by atoms with E-state index in [0.29, 0.717) is 6.07 Å². The summed E-state index contributed by atoms with van der Waals surface area (Å²) in [6.07, 6.45) is -4.03. The number of hydrogen-bond acceptors (Lipinski definition) is 6. The molecular formula is C16H7Cl2F5N4O4S. The maximum absolute atomic E-state index is 13.8. The molecule has 3 aromatic rings. The van der Waals surface area contributed by atoms with E-state index >= 15 is 0 Å². The van der Waals surface area contributed by atoms with Gasteiger partial charge in [-0.15, -0.1) is 18.3 Å². The van der Waals surface area contributed by atoms with Crippen LogP contribution in [-0.4, -0.2) is 35.7 Å². The summed E-state index contributed by atoms with van der Waals surface area (Å²) >= 11 is 11.3. The van der Waals surface area contributed by atoms with Gasteiger partial charge < -0.3 is 4.74 Å². The fraction of sp³-hybridized carbons (Fsp3) is 0.0625. The summed E-state index contributed by atoms with van der Waals surface area (Å²) in [5.41, 5.74) is -0.596. The van der Waals surface area contributed by atoms with Crippen LogP contribution in [0.25, 0.3) is 5.69 Å². The molecule has 8 nitrogen and oxygen atoms in total. The molecule has 0 atom stereocenters. The van der Waals surface area contributed by atoms with E-state index in [4.69, 9.17) is 23.2 Å². The zero-order valence-electron chi connectivity index (χ0n) is 15.0. The molecule has 0 aliphatic carbocycles. The molecule has 1 heterocycles. The van der Waals surface area contributed by atoms with E-state index in [1.165, 1.54) is 4.72 Å². The molecule has 0 aliphatic rings. The first-order chi connectivity index (χ1) is 14.8. The van der Waals surface area contributed by atoms with Gasteiger partial charge in [-0.1, -0.05) is 28.4 Å². The molecule has 1 N–H and O–H groups in total. The smallest absolute Gasteiger partial charge is 0.406 e. The number of aromatic nitrogens is 3. The fourth-order valence-electron chi connectivity index (χ4n) is 2.30. The number of amides is 1. The number of carbonyl (C=O) groups is 1. The molecule has 0 radical (unpaired) electrons. The molecule has 0 aliphatic heterocycles. The largest absolute Gasteiger partial charge is 0.573 e. The Morgan fingerprint density at radius 1 is 1.06 bits per heavy atom. The van der Waals surface area contributed by atoms with Crippen molar-refractivity contribution in [2.24, 2.45) is 0 Å². The fourth-order valence-corrected chi connectivity index (χ4v) is 3.83. The summed E-state index contributed by atoms with van der Waals surface area (Å²) < 4.78 is 94.5. The average molecular weight is 517 g/mol. The van der Waals surface area contributed by atoms with Gasteiger partial charge in [0.25, 0.3) is 15.9 Å². The van der Waals surface area contributed by atoms with Crippen molar-refractivity contribution in [2.75, 3.05) is 0 Å². The van der Waals surface area contributed by atoms with Crippen LogP contribution in [0.3, 0.4) is 0 Å². The number of carbonyl (C=O) groups excluding carboxylic acids is 1. The molecule has 0 unspecified atom stereocenters. The SMILES string of the molecule is O=C(NS(=O)(=O)c1cc(Cl)c(F)cc1F)c1cn(-c2ccc(OC(F)(F)F)cc2Cl)nn1. The zero-order valence-corrected chi connectivity index (χ0v) is 17.3. The second kappa shape index (κ2) is 8.52. The van der Waals surface area contributed by atoms with Gasteiger partial charge in [0.2, 0.25) is 0 Å². The standard InChI is InChI=1S/C16H7Cl2F5N4O4S/c17-8-4-14(11(20)5-10(8)19)32(29,30)25-15(28)12-6-27(26-24-12)13-2-1-7(3-9(13)18)31-16(21,22)23/h1-6H,(H,25,28). The summed E-state index contributed by atoms with van der Waals surface area (Å²) in [5, 5.41) is 6.01. The third-order valence-corrected chi connectivity index (χ3v) is 5.56. The van der Waals surface area contributed by atoms with Crippen molar-refractivity contribution in [3.63, 3.8) is 0 Å². The molecule has 170 valence electrons. The second-order valence-corrected chi connectivity index (χ2v) is 8.31. The number of nitrogens with one attached hydrogen (secondary N) is 1. The van der Waals surface area contributed by atoms with Gasteiger partial charge in [-0.3, -0.25) is 4.79 Å². The molecule has 2 aromatic carbocycles. The number of ether oxygens (including phenoxy) is 1. The number of nitrogens with zero attached hydrogens (tertiary/aromatic N) is 3. The number of halogens is 7. The van der Waals surface area contributed by atoms with Gasteiger partial charge in [-0.25, -0.2) is 26.6 Å². The Morgan fingerprint density at radius 2 is 1.75 bits per heavy atom. The minimum absolute atomic E-state index is 0.0213. The van der Waals surface area contributed by atoms with Gasteiger partial charge in [-0.05, 0) is 18.2 Å². The minimum atomic E-state index is -4.94. The molecule has 0 spiro atoms. The Labute approximate surface area is 185 Å². The molecule has 0 saturated carbocycles. The van der Waals surface area contributed by atoms with E-state index in [2.05, 4.69) is 15.0 Å². The van der Waals surface area contributed by atoms with Crippen LogP contribution in [0.15, 0.2) is 41.4 Å². The molecule has 32 heavy (non-hydrogen) atoms. The molecule has 1 aromatic heterocycles. The lowest BCUT2D eigenvalue weighted by Crippen LogP contribution is -2.31. The first-order valence-corrected chi connectivity index (χ1v) is 10.2. The number of rotatable bonds is 5. The van der Waals surface area contributed by atoms with Gasteiger partial charge in [-0.2, -0.15) is 0 Å². The molecular weight excluding hydrogens is 510 g/mol. The lowest BCUT2D eigenvalue weighted by Gasteiger charge is -2.10. The van der Waals surface area contributed by atoms with E-state index < -0.39 is 55.3 Å². The van der Waals surface area contributed by atoms with E-state index in [1.54, 1.807) is 0 Å². The summed E-state index contributed by atoms with van der Waals surface area (Å²) in [6, 6.07) is 3.53. The third kappa shape index (κ3) is 5.26. The van der Waals surface area contributed by atoms with E-state index in [9.17, 15) is 35.2 Å². The second-order valence-electron chi connectivity index (χ2n) is 5.84. The average Bonchev–Trinajstić information content (AvgIpc) is 3.13. The zero-order chi connectivity index (χ0) is 23.8. The first-order valence-electron chi connectivity index (χ1n) is 7.96. The van der Waals surface area contributed by atoms with Crippen LogP contribution in [0.2, 0.25) is 10.0 Å². The molecule has 16 heteroatoms. The van der Waals surface area contributed by atoms with Gasteiger partial charge in [0.15, 0.2) is 5.69 Å². The predicted molar refractivity (Wildman–Crippen MR) is 99.1 cm³/mol. The highest BCUT2D eigenvalue weighted by Gasteiger charge is 2.31. The van der Waals surface area contributed by atoms with E-state index in [-0.39, 0.29) is 16.8 Å². The maximum Gasteiger partial charge on any atom is 0.573 e. The summed E-state index contributed by atoms with van der Waals surface area (Å²) in [7, 11) is -4.82. The van der Waals surface area contributed by atoms with Crippen LogP contribution in [0.4, 0.5) is 22.0 Å². The highest BCUT2D eigenvalue weighted by molar-refractivity contribution is 7.90. The Kier molecular flexibility index (Phi) is 6.31. The van der Waals surface area contributed by atoms with Crippen LogP contribution in [0.5, 0.6) is 5.75 Å². The summed E-state index contributed by atoms with van der Waals surface area (Å²) in [6.45, 7) is 0. The summed E-state index contributed by atoms with van der Waals surface area (Å²) in [5.74, 6) is -4.66. The third-order valence-electron chi connectivity index (χ3n) is 3.62. The van der Waals surface area contributed by atoms with Crippen molar-refractivity contribution in [3.05, 3.63) is 63.9 Å². The summed E-state index contributed by atoms with van der Waals surface area (Å²) in [4.78, 5) is 11.1. The molecule has 1 amide bonds. The quantitative estimate of drug-likeness (QED) is 0.408. The van der Waals surface area contributed by atoms with E-state index in [0.717, 1.165) is 29.1 Å². The topological polar surface area (TPSA) is 103 Å². The normalized spacial score (nSPS) is 12.0. The Bertz CT molecular complexity index is 1310. The van der Waals surface area contributed by atoms with Crippen LogP contribution >= 0.6 is 23.2 Å². The van der Waals surface area contributed by atoms with Crippen molar-refractivity contribution in [1.82, 2.24) is 19.7 Å². The van der Waals surface area contributed by atoms with Crippen LogP contribution in [0, 0.1) is 11.6 Å². The van der Waals surface area contributed by atoms with Crippen molar-refractivity contribution in [3.8, 4) is 11.4 Å². The van der Waals surface area contributed by atoms with Crippen LogP contribution in [-0.2, 0) is 10.0 Å². The van der Waals surface area contributed by atoms with Gasteiger partial charge >= 0.3 is 6.36 Å². The van der Waals surface area contributed by atoms with Crippen molar-refractivity contribution < 1.29 is 39.9 Å². The predicted octanol–water partition coefficient (Wildman–Crippen LogP) is 3.87. The molecule has 3 rings (SSSR count). The minimum Gasteiger partial charge on any atom is -0.406 e. The highest BCUT2D eigenvalue weighted by atomic mass is 35.5. The first kappa shape index (κ1) is 23.7. The maximum atomic E-state index is 13.8. The van der Waals surface area contributed by atoms with Gasteiger partial charge in [0, 0.05) is 12.1 Å². The number of hydrogen-bond donors (Lipinski definition) is 1. The Balaban J connectivity index is 1.83. The van der Waals surface area contributed by atoms with Crippen molar-refractivity contribution >= 4 is 39.1 Å². The molecule has 0 bridgehead atoms. The lowest BCUT2D eigenvalue weighted by atomic mass is 10.3. The van der Waals surface area contributed by atoms with Crippen LogP contribution < -0.4 is 9.46 Å². The highest BCUT2D eigenvalue weighted by Crippen LogP contribution is 2.29.